The van der Waals surface area contributed by atoms with Crippen LogP contribution >= 0.6 is 0 Å². The van der Waals surface area contributed by atoms with E-state index in [0.29, 0.717) is 19.5 Å². The van der Waals surface area contributed by atoms with E-state index in [1.165, 1.54) is 4.90 Å². The van der Waals surface area contributed by atoms with E-state index in [1.54, 1.807) is 0 Å². The normalized spacial score (nSPS) is 19.2. The summed E-state index contributed by atoms with van der Waals surface area (Å²) < 4.78 is 0. The number of carbonyl (C=O) groups is 3. The van der Waals surface area contributed by atoms with Gasteiger partial charge in [-0.3, -0.25) is 14.4 Å². The van der Waals surface area contributed by atoms with Gasteiger partial charge in [0, 0.05) is 32.5 Å². The Morgan fingerprint density at radius 1 is 1.25 bits per heavy atom. The highest BCUT2D eigenvalue weighted by atomic mass is 16.3. The van der Waals surface area contributed by atoms with Crippen LogP contribution in [-0.4, -0.2) is 47.2 Å². The van der Waals surface area contributed by atoms with Gasteiger partial charge >= 0.3 is 0 Å². The maximum absolute atomic E-state index is 12.4. The molecule has 0 radical (unpaired) electrons. The molecule has 0 aromatic rings. The van der Waals surface area contributed by atoms with Gasteiger partial charge in [0.25, 0.3) is 0 Å². The van der Waals surface area contributed by atoms with Gasteiger partial charge in [0.05, 0.1) is 0 Å². The first-order valence-electron chi connectivity index (χ1n) is 7.27. The number of rotatable bonds is 6. The summed E-state index contributed by atoms with van der Waals surface area (Å²) in [5.41, 5.74) is -0.342. The zero-order valence-corrected chi connectivity index (χ0v) is 12.6. The number of amides is 1. The molecule has 114 valence electrons. The number of aliphatic hydroxyl groups is 1. The van der Waals surface area contributed by atoms with Crippen molar-refractivity contribution in [2.75, 3.05) is 19.7 Å². The highest BCUT2D eigenvalue weighted by Gasteiger charge is 2.44. The molecule has 1 aliphatic carbocycles. The predicted octanol–water partition coefficient (Wildman–Crippen LogP) is 1.18. The molecule has 5 nitrogen and oxygen atoms in total. The molecule has 0 aliphatic heterocycles. The number of Topliss-reactive ketones (excluding diaryl/α,β-unsaturated/α-hetero) is 2. The first-order chi connectivity index (χ1) is 9.32. The van der Waals surface area contributed by atoms with E-state index in [-0.39, 0.29) is 42.3 Å². The third-order valence-electron chi connectivity index (χ3n) is 3.59. The third-order valence-corrected chi connectivity index (χ3v) is 3.59. The molecular weight excluding hydrogens is 258 g/mol. The van der Waals surface area contributed by atoms with Crippen LogP contribution in [0.1, 0.15) is 46.5 Å². The van der Waals surface area contributed by atoms with Crippen molar-refractivity contribution in [3.63, 3.8) is 0 Å². The molecule has 0 bridgehead atoms. The highest BCUT2D eigenvalue weighted by molar-refractivity contribution is 6.20. The van der Waals surface area contributed by atoms with Gasteiger partial charge in [-0.15, -0.1) is 0 Å². The summed E-state index contributed by atoms with van der Waals surface area (Å²) in [4.78, 5) is 38.2. The van der Waals surface area contributed by atoms with E-state index < -0.39 is 5.92 Å². The fourth-order valence-electron chi connectivity index (χ4n) is 2.71. The summed E-state index contributed by atoms with van der Waals surface area (Å²) in [5, 5.41) is 8.88. The summed E-state index contributed by atoms with van der Waals surface area (Å²) in [5.74, 6) is -2.03. The molecular formula is C15H25NO4. The zero-order valence-electron chi connectivity index (χ0n) is 12.6. The molecule has 1 saturated carbocycles. The number of aliphatic hydroxyl groups excluding tert-OH is 1. The van der Waals surface area contributed by atoms with Crippen molar-refractivity contribution in [3.05, 3.63) is 0 Å². The Bertz CT molecular complexity index is 369. The average molecular weight is 283 g/mol. The molecule has 1 rings (SSSR count). The maximum atomic E-state index is 12.4. The Labute approximate surface area is 120 Å². The molecule has 5 heteroatoms. The van der Waals surface area contributed by atoms with Crippen molar-refractivity contribution in [3.8, 4) is 0 Å². The number of nitrogens with zero attached hydrogens (tertiary/aromatic N) is 1. The van der Waals surface area contributed by atoms with Gasteiger partial charge < -0.3 is 10.0 Å². The molecule has 1 fully saturated rings. The minimum Gasteiger partial charge on any atom is -0.396 e. The highest BCUT2D eigenvalue weighted by Crippen LogP contribution is 2.34. The minimum atomic E-state index is -1.12. The van der Waals surface area contributed by atoms with Gasteiger partial charge in [0.1, 0.15) is 0 Å². The van der Waals surface area contributed by atoms with E-state index in [0.717, 1.165) is 6.42 Å². The Kier molecular flexibility index (Phi) is 5.87. The van der Waals surface area contributed by atoms with E-state index in [2.05, 4.69) is 0 Å². The number of ketones is 2. The number of hydrogen-bond donors (Lipinski definition) is 1. The SMILES string of the molecule is CCCN(CCCO)C(=O)C1C(=O)CC(C)(C)CC1=O. The van der Waals surface area contributed by atoms with E-state index >= 15 is 0 Å². The van der Waals surface area contributed by atoms with Crippen LogP contribution < -0.4 is 0 Å². The predicted molar refractivity (Wildman–Crippen MR) is 75.1 cm³/mol. The van der Waals surface area contributed by atoms with Crippen molar-refractivity contribution < 1.29 is 19.5 Å². The largest absolute Gasteiger partial charge is 0.396 e. The quantitative estimate of drug-likeness (QED) is 0.743. The summed E-state index contributed by atoms with van der Waals surface area (Å²) in [7, 11) is 0. The van der Waals surface area contributed by atoms with Crippen molar-refractivity contribution >= 4 is 17.5 Å². The van der Waals surface area contributed by atoms with Crippen LogP contribution in [0.3, 0.4) is 0 Å². The summed E-state index contributed by atoms with van der Waals surface area (Å²) in [6.45, 7) is 6.58. The Morgan fingerprint density at radius 2 is 1.80 bits per heavy atom. The molecule has 0 heterocycles. The molecule has 1 aliphatic rings. The van der Waals surface area contributed by atoms with E-state index in [9.17, 15) is 14.4 Å². The van der Waals surface area contributed by atoms with Crippen molar-refractivity contribution in [2.45, 2.75) is 46.5 Å². The maximum Gasteiger partial charge on any atom is 0.240 e. The third kappa shape index (κ3) is 4.13. The van der Waals surface area contributed by atoms with Crippen LogP contribution in [0.4, 0.5) is 0 Å². The lowest BCUT2D eigenvalue weighted by Gasteiger charge is -2.34. The van der Waals surface area contributed by atoms with Crippen LogP contribution in [0.15, 0.2) is 0 Å². The standard InChI is InChI=1S/C15H25NO4/c1-4-6-16(7-5-8-17)14(20)13-11(18)9-15(2,3)10-12(13)19/h13,17H,4-10H2,1-3H3. The van der Waals surface area contributed by atoms with Crippen molar-refractivity contribution in [2.24, 2.45) is 11.3 Å². The average Bonchev–Trinajstić information content (AvgIpc) is 2.31. The summed E-state index contributed by atoms with van der Waals surface area (Å²) in [6.07, 6.45) is 1.77. The number of hydrogen-bond acceptors (Lipinski definition) is 4. The molecule has 0 atom stereocenters. The van der Waals surface area contributed by atoms with E-state index in [4.69, 9.17) is 5.11 Å². The number of carbonyl (C=O) groups excluding carboxylic acids is 3. The van der Waals surface area contributed by atoms with Gasteiger partial charge in [-0.1, -0.05) is 20.8 Å². The van der Waals surface area contributed by atoms with Gasteiger partial charge in [0.2, 0.25) is 5.91 Å². The van der Waals surface area contributed by atoms with Gasteiger partial charge in [0.15, 0.2) is 17.5 Å². The van der Waals surface area contributed by atoms with Gasteiger partial charge in [-0.2, -0.15) is 0 Å². The molecule has 0 unspecified atom stereocenters. The van der Waals surface area contributed by atoms with Gasteiger partial charge in [-0.25, -0.2) is 0 Å². The molecule has 0 spiro atoms. The van der Waals surface area contributed by atoms with E-state index in [1.807, 2.05) is 20.8 Å². The minimum absolute atomic E-state index is 0.00686. The molecule has 1 N–H and O–H groups in total. The monoisotopic (exact) mass is 283 g/mol. The first-order valence-corrected chi connectivity index (χ1v) is 7.27. The van der Waals surface area contributed by atoms with Crippen molar-refractivity contribution in [1.29, 1.82) is 0 Å². The summed E-state index contributed by atoms with van der Waals surface area (Å²) in [6, 6.07) is 0. The van der Waals surface area contributed by atoms with Crippen molar-refractivity contribution in [1.82, 2.24) is 4.90 Å². The smallest absolute Gasteiger partial charge is 0.240 e. The lowest BCUT2D eigenvalue weighted by Crippen LogP contribution is -2.48. The molecule has 0 saturated heterocycles. The van der Waals surface area contributed by atoms with Gasteiger partial charge in [-0.05, 0) is 18.3 Å². The second-order valence-electron chi connectivity index (χ2n) is 6.29. The Balaban J connectivity index is 2.82. The molecule has 20 heavy (non-hydrogen) atoms. The fraction of sp³-hybridized carbons (Fsp3) is 0.800. The summed E-state index contributed by atoms with van der Waals surface area (Å²) >= 11 is 0. The van der Waals surface area contributed by atoms with Crippen LogP contribution in [-0.2, 0) is 14.4 Å². The molecule has 1 amide bonds. The zero-order chi connectivity index (χ0) is 15.3. The second kappa shape index (κ2) is 6.97. The Morgan fingerprint density at radius 3 is 2.25 bits per heavy atom. The van der Waals surface area contributed by atoms with Crippen LogP contribution in [0.5, 0.6) is 0 Å². The molecule has 0 aromatic heterocycles. The van der Waals surface area contributed by atoms with Crippen LogP contribution in [0, 0.1) is 11.3 Å². The second-order valence-corrected chi connectivity index (χ2v) is 6.29. The molecule has 0 aromatic carbocycles. The Hall–Kier alpha value is -1.23. The topological polar surface area (TPSA) is 74.7 Å². The van der Waals surface area contributed by atoms with Crippen LogP contribution in [0.2, 0.25) is 0 Å². The lowest BCUT2D eigenvalue weighted by atomic mass is 9.71. The lowest BCUT2D eigenvalue weighted by molar-refractivity contribution is -0.150. The fourth-order valence-corrected chi connectivity index (χ4v) is 2.71. The first kappa shape index (κ1) is 16.8. The van der Waals surface area contributed by atoms with Crippen LogP contribution in [0.25, 0.3) is 0 Å².